The van der Waals surface area contributed by atoms with Crippen LogP contribution in [0.5, 0.6) is 0 Å². The van der Waals surface area contributed by atoms with E-state index < -0.39 is 0 Å². The quantitative estimate of drug-likeness (QED) is 0.623. The maximum absolute atomic E-state index is 11.3. The molecule has 0 rings (SSSR count). The van der Waals surface area contributed by atoms with Crippen molar-refractivity contribution in [2.24, 2.45) is 5.92 Å². The first-order valence-corrected chi connectivity index (χ1v) is 5.31. The molecule has 0 N–H and O–H groups in total. The maximum atomic E-state index is 11.3. The van der Waals surface area contributed by atoms with Crippen LogP contribution in [-0.4, -0.2) is 24.4 Å². The Balaban J connectivity index is 3.49. The number of carbonyl (C=O) groups excluding carboxylic acids is 1. The van der Waals surface area contributed by atoms with Gasteiger partial charge in [-0.05, 0) is 25.2 Å². The van der Waals surface area contributed by atoms with E-state index in [0.717, 1.165) is 25.3 Å². The zero-order chi connectivity index (χ0) is 10.3. The third kappa shape index (κ3) is 6.62. The molecule has 0 unspecified atom stereocenters. The molecule has 0 spiro atoms. The van der Waals surface area contributed by atoms with Crippen molar-refractivity contribution >= 4 is 5.91 Å². The van der Waals surface area contributed by atoms with Gasteiger partial charge >= 0.3 is 0 Å². The van der Waals surface area contributed by atoms with Gasteiger partial charge in [0, 0.05) is 20.0 Å². The van der Waals surface area contributed by atoms with Crippen molar-refractivity contribution < 1.29 is 4.79 Å². The lowest BCUT2D eigenvalue weighted by Crippen LogP contribution is -2.27. The van der Waals surface area contributed by atoms with Crippen LogP contribution < -0.4 is 0 Å². The van der Waals surface area contributed by atoms with Crippen LogP contribution in [-0.2, 0) is 4.79 Å². The van der Waals surface area contributed by atoms with Gasteiger partial charge in [0.2, 0.25) is 5.91 Å². The first kappa shape index (κ1) is 12.5. The number of hydrogen-bond donors (Lipinski definition) is 0. The van der Waals surface area contributed by atoms with Crippen molar-refractivity contribution in [2.45, 2.75) is 46.5 Å². The Hall–Kier alpha value is -0.530. The molecular weight excluding hydrogens is 162 g/mol. The second-order valence-electron chi connectivity index (χ2n) is 4.10. The predicted octanol–water partition coefficient (Wildman–Crippen LogP) is 2.68. The third-order valence-corrected chi connectivity index (χ3v) is 2.16. The standard InChI is InChI=1S/C11H23NO/c1-5-7-11(13)12(4)9-6-8-10(2)3/h10H,5-9H2,1-4H3. The van der Waals surface area contributed by atoms with Crippen molar-refractivity contribution in [3.8, 4) is 0 Å². The van der Waals surface area contributed by atoms with Crippen LogP contribution >= 0.6 is 0 Å². The number of nitrogens with zero attached hydrogens (tertiary/aromatic N) is 1. The van der Waals surface area contributed by atoms with Crippen LogP contribution in [0.1, 0.15) is 46.5 Å². The van der Waals surface area contributed by atoms with Gasteiger partial charge in [-0.2, -0.15) is 0 Å². The fourth-order valence-electron chi connectivity index (χ4n) is 1.27. The van der Waals surface area contributed by atoms with Crippen LogP contribution in [0.25, 0.3) is 0 Å². The third-order valence-electron chi connectivity index (χ3n) is 2.16. The van der Waals surface area contributed by atoms with Crippen LogP contribution in [0.15, 0.2) is 0 Å². The molecule has 13 heavy (non-hydrogen) atoms. The summed E-state index contributed by atoms with van der Waals surface area (Å²) in [5.74, 6) is 1.03. The Morgan fingerprint density at radius 1 is 1.38 bits per heavy atom. The number of rotatable bonds is 6. The predicted molar refractivity (Wildman–Crippen MR) is 56.6 cm³/mol. The van der Waals surface area contributed by atoms with Gasteiger partial charge in [-0.15, -0.1) is 0 Å². The van der Waals surface area contributed by atoms with Crippen molar-refractivity contribution in [2.75, 3.05) is 13.6 Å². The fourth-order valence-corrected chi connectivity index (χ4v) is 1.27. The van der Waals surface area contributed by atoms with E-state index in [4.69, 9.17) is 0 Å². The summed E-state index contributed by atoms with van der Waals surface area (Å²) in [5, 5.41) is 0. The van der Waals surface area contributed by atoms with Crippen molar-refractivity contribution in [3.63, 3.8) is 0 Å². The normalized spacial score (nSPS) is 10.5. The van der Waals surface area contributed by atoms with E-state index in [9.17, 15) is 4.79 Å². The summed E-state index contributed by atoms with van der Waals surface area (Å²) < 4.78 is 0. The van der Waals surface area contributed by atoms with Gasteiger partial charge in [-0.1, -0.05) is 20.8 Å². The van der Waals surface area contributed by atoms with Crippen LogP contribution in [0.3, 0.4) is 0 Å². The van der Waals surface area contributed by atoms with E-state index in [1.807, 2.05) is 18.9 Å². The van der Waals surface area contributed by atoms with Gasteiger partial charge in [-0.25, -0.2) is 0 Å². The zero-order valence-electron chi connectivity index (χ0n) is 9.47. The highest BCUT2D eigenvalue weighted by Crippen LogP contribution is 2.05. The molecule has 2 nitrogen and oxygen atoms in total. The molecule has 0 saturated heterocycles. The number of carbonyl (C=O) groups is 1. The molecule has 0 fully saturated rings. The summed E-state index contributed by atoms with van der Waals surface area (Å²) in [7, 11) is 1.90. The van der Waals surface area contributed by atoms with E-state index in [-0.39, 0.29) is 5.91 Å². The molecule has 0 aliphatic carbocycles. The summed E-state index contributed by atoms with van der Waals surface area (Å²) in [6.45, 7) is 7.39. The van der Waals surface area contributed by atoms with Crippen LogP contribution in [0.2, 0.25) is 0 Å². The molecule has 0 aliphatic heterocycles. The maximum Gasteiger partial charge on any atom is 0.222 e. The molecule has 0 heterocycles. The highest BCUT2D eigenvalue weighted by Gasteiger charge is 2.06. The van der Waals surface area contributed by atoms with E-state index in [1.54, 1.807) is 0 Å². The molecule has 0 bridgehead atoms. The van der Waals surface area contributed by atoms with E-state index in [0.29, 0.717) is 6.42 Å². The Labute approximate surface area is 82.3 Å². The second-order valence-corrected chi connectivity index (χ2v) is 4.10. The minimum Gasteiger partial charge on any atom is -0.346 e. The first-order valence-electron chi connectivity index (χ1n) is 5.31. The molecule has 0 aromatic heterocycles. The molecule has 2 heteroatoms. The highest BCUT2D eigenvalue weighted by atomic mass is 16.2. The lowest BCUT2D eigenvalue weighted by atomic mass is 10.1. The monoisotopic (exact) mass is 185 g/mol. The summed E-state index contributed by atoms with van der Waals surface area (Å²) in [5.41, 5.74) is 0. The molecule has 78 valence electrons. The Bertz CT molecular complexity index is 143. The van der Waals surface area contributed by atoms with Crippen molar-refractivity contribution in [1.29, 1.82) is 0 Å². The average molecular weight is 185 g/mol. The summed E-state index contributed by atoms with van der Waals surface area (Å²) in [4.78, 5) is 13.2. The topological polar surface area (TPSA) is 20.3 Å². The first-order chi connectivity index (χ1) is 6.07. The molecule has 0 aromatic rings. The highest BCUT2D eigenvalue weighted by molar-refractivity contribution is 5.75. The smallest absolute Gasteiger partial charge is 0.222 e. The summed E-state index contributed by atoms with van der Waals surface area (Å²) >= 11 is 0. The largest absolute Gasteiger partial charge is 0.346 e. The Kier molecular flexibility index (Phi) is 6.65. The van der Waals surface area contributed by atoms with E-state index in [2.05, 4.69) is 13.8 Å². The number of amides is 1. The van der Waals surface area contributed by atoms with Gasteiger partial charge in [-0.3, -0.25) is 4.79 Å². The lowest BCUT2D eigenvalue weighted by molar-refractivity contribution is -0.130. The molecule has 0 aliphatic rings. The fraction of sp³-hybridized carbons (Fsp3) is 0.909. The van der Waals surface area contributed by atoms with Gasteiger partial charge in [0.1, 0.15) is 0 Å². The van der Waals surface area contributed by atoms with Gasteiger partial charge < -0.3 is 4.90 Å². The molecular formula is C11H23NO. The van der Waals surface area contributed by atoms with Crippen molar-refractivity contribution in [1.82, 2.24) is 4.90 Å². The average Bonchev–Trinajstić information content (AvgIpc) is 2.04. The molecule has 0 saturated carbocycles. The van der Waals surface area contributed by atoms with Crippen LogP contribution in [0.4, 0.5) is 0 Å². The second kappa shape index (κ2) is 6.93. The molecule has 0 atom stereocenters. The van der Waals surface area contributed by atoms with Gasteiger partial charge in [0.05, 0.1) is 0 Å². The Morgan fingerprint density at radius 3 is 2.46 bits per heavy atom. The number of hydrogen-bond acceptors (Lipinski definition) is 1. The summed E-state index contributed by atoms with van der Waals surface area (Å²) in [6.07, 6.45) is 3.99. The van der Waals surface area contributed by atoms with E-state index in [1.165, 1.54) is 6.42 Å². The van der Waals surface area contributed by atoms with Gasteiger partial charge in [0.25, 0.3) is 0 Å². The SMILES string of the molecule is CCCC(=O)N(C)CCCC(C)C. The van der Waals surface area contributed by atoms with E-state index >= 15 is 0 Å². The minimum atomic E-state index is 0.284. The molecule has 1 amide bonds. The van der Waals surface area contributed by atoms with Crippen molar-refractivity contribution in [3.05, 3.63) is 0 Å². The zero-order valence-corrected chi connectivity index (χ0v) is 9.47. The lowest BCUT2D eigenvalue weighted by Gasteiger charge is -2.17. The molecule has 0 radical (unpaired) electrons. The van der Waals surface area contributed by atoms with Crippen LogP contribution in [0, 0.1) is 5.92 Å². The molecule has 0 aromatic carbocycles. The minimum absolute atomic E-state index is 0.284. The van der Waals surface area contributed by atoms with Gasteiger partial charge in [0.15, 0.2) is 0 Å². The summed E-state index contributed by atoms with van der Waals surface area (Å²) in [6, 6.07) is 0. The Morgan fingerprint density at radius 2 is 2.00 bits per heavy atom.